The second kappa shape index (κ2) is 7.20. The van der Waals surface area contributed by atoms with E-state index in [-0.39, 0.29) is 23.0 Å². The van der Waals surface area contributed by atoms with E-state index in [9.17, 15) is 8.42 Å². The lowest BCUT2D eigenvalue weighted by Crippen LogP contribution is -2.48. The molecule has 23 heavy (non-hydrogen) atoms. The Kier molecular flexibility index (Phi) is 5.70. The highest BCUT2D eigenvalue weighted by molar-refractivity contribution is 7.89. The summed E-state index contributed by atoms with van der Waals surface area (Å²) in [7, 11) is -3.61. The van der Waals surface area contributed by atoms with Gasteiger partial charge in [0.2, 0.25) is 10.0 Å². The number of sulfonamides is 1. The molecule has 5 nitrogen and oxygen atoms in total. The highest BCUT2D eigenvalue weighted by Crippen LogP contribution is 2.31. The van der Waals surface area contributed by atoms with Crippen molar-refractivity contribution < 1.29 is 17.9 Å². The Morgan fingerprint density at radius 3 is 2.39 bits per heavy atom. The molecule has 6 heteroatoms. The van der Waals surface area contributed by atoms with Crippen LogP contribution in [0.1, 0.15) is 46.1 Å². The first-order valence-electron chi connectivity index (χ1n) is 8.18. The third-order valence-electron chi connectivity index (χ3n) is 3.94. The van der Waals surface area contributed by atoms with E-state index in [1.807, 2.05) is 40.7 Å². The van der Waals surface area contributed by atoms with E-state index in [0.717, 1.165) is 5.56 Å². The molecule has 0 unspecified atom stereocenters. The summed E-state index contributed by atoms with van der Waals surface area (Å²) in [5.74, 6) is 0.672. The Morgan fingerprint density at radius 2 is 1.87 bits per heavy atom. The van der Waals surface area contributed by atoms with Crippen LogP contribution in [0.5, 0.6) is 5.75 Å². The molecule has 0 radical (unpaired) electrons. The molecule has 1 aliphatic heterocycles. The van der Waals surface area contributed by atoms with E-state index >= 15 is 0 Å². The standard InChI is InChI=1S/C17H27NO4S/c1-6-21-16-8-7-15(12(2)3)9-17(16)23(19,20)18-10-13(4)22-14(5)11-18/h7-9,12-14H,6,10-11H2,1-5H3/t13-,14-/m0/s1. The van der Waals surface area contributed by atoms with Gasteiger partial charge in [-0.1, -0.05) is 19.9 Å². The second-order valence-electron chi connectivity index (χ2n) is 6.37. The average molecular weight is 341 g/mol. The molecule has 1 fully saturated rings. The van der Waals surface area contributed by atoms with Gasteiger partial charge in [-0.3, -0.25) is 0 Å². The first-order chi connectivity index (χ1) is 10.8. The van der Waals surface area contributed by atoms with Gasteiger partial charge in [0.1, 0.15) is 10.6 Å². The highest BCUT2D eigenvalue weighted by atomic mass is 32.2. The molecule has 0 N–H and O–H groups in total. The lowest BCUT2D eigenvalue weighted by molar-refractivity contribution is -0.0441. The molecule has 0 spiro atoms. The van der Waals surface area contributed by atoms with Gasteiger partial charge in [0.05, 0.1) is 18.8 Å². The summed E-state index contributed by atoms with van der Waals surface area (Å²) in [5, 5.41) is 0. The first kappa shape index (κ1) is 18.2. The number of morpholine rings is 1. The van der Waals surface area contributed by atoms with E-state index in [4.69, 9.17) is 9.47 Å². The van der Waals surface area contributed by atoms with E-state index in [1.54, 1.807) is 12.1 Å². The fraction of sp³-hybridized carbons (Fsp3) is 0.647. The van der Waals surface area contributed by atoms with Crippen LogP contribution in [0, 0.1) is 0 Å². The Bertz CT molecular complexity index is 632. The second-order valence-corrected chi connectivity index (χ2v) is 8.28. The zero-order chi connectivity index (χ0) is 17.2. The summed E-state index contributed by atoms with van der Waals surface area (Å²) >= 11 is 0. The number of rotatable bonds is 5. The Hall–Kier alpha value is -1.11. The van der Waals surface area contributed by atoms with Crippen molar-refractivity contribution in [1.29, 1.82) is 0 Å². The molecule has 0 aromatic heterocycles. The van der Waals surface area contributed by atoms with E-state index < -0.39 is 10.0 Å². The normalized spacial score (nSPS) is 23.2. The lowest BCUT2D eigenvalue weighted by Gasteiger charge is -2.34. The van der Waals surface area contributed by atoms with Gasteiger partial charge in [0.15, 0.2) is 0 Å². The minimum absolute atomic E-state index is 0.114. The summed E-state index contributed by atoms with van der Waals surface area (Å²) in [6, 6.07) is 5.44. The highest BCUT2D eigenvalue weighted by Gasteiger charge is 2.34. The van der Waals surface area contributed by atoms with Gasteiger partial charge < -0.3 is 9.47 Å². The van der Waals surface area contributed by atoms with Crippen LogP contribution in [0.15, 0.2) is 23.1 Å². The fourth-order valence-corrected chi connectivity index (χ4v) is 4.58. The van der Waals surface area contributed by atoms with Crippen LogP contribution in [0.2, 0.25) is 0 Å². The molecule has 0 saturated carbocycles. The maximum atomic E-state index is 13.1. The third kappa shape index (κ3) is 4.05. The van der Waals surface area contributed by atoms with Crippen molar-refractivity contribution in [3.8, 4) is 5.75 Å². The molecule has 2 atom stereocenters. The van der Waals surface area contributed by atoms with Gasteiger partial charge in [-0.2, -0.15) is 4.31 Å². The molecule has 1 aromatic rings. The minimum Gasteiger partial charge on any atom is -0.492 e. The summed E-state index contributed by atoms with van der Waals surface area (Å²) < 4.78 is 39.0. The summed E-state index contributed by atoms with van der Waals surface area (Å²) in [6.07, 6.45) is -0.227. The van der Waals surface area contributed by atoms with Crippen LogP contribution in [-0.2, 0) is 14.8 Å². The molecule has 2 rings (SSSR count). The molecular formula is C17H27NO4S. The molecular weight excluding hydrogens is 314 g/mol. The zero-order valence-corrected chi connectivity index (χ0v) is 15.4. The molecule has 1 aliphatic rings. The van der Waals surface area contributed by atoms with E-state index in [2.05, 4.69) is 0 Å². The van der Waals surface area contributed by atoms with E-state index in [0.29, 0.717) is 25.4 Å². The van der Waals surface area contributed by atoms with Crippen molar-refractivity contribution in [2.75, 3.05) is 19.7 Å². The van der Waals surface area contributed by atoms with Gasteiger partial charge in [-0.15, -0.1) is 0 Å². The van der Waals surface area contributed by atoms with Gasteiger partial charge in [-0.05, 0) is 44.4 Å². The Morgan fingerprint density at radius 1 is 1.26 bits per heavy atom. The van der Waals surface area contributed by atoms with Crippen molar-refractivity contribution in [2.24, 2.45) is 0 Å². The number of nitrogens with zero attached hydrogens (tertiary/aromatic N) is 1. The number of hydrogen-bond donors (Lipinski definition) is 0. The smallest absolute Gasteiger partial charge is 0.246 e. The molecule has 0 bridgehead atoms. The SMILES string of the molecule is CCOc1ccc(C(C)C)cc1S(=O)(=O)N1C[C@H](C)O[C@@H](C)C1. The molecule has 0 aliphatic carbocycles. The van der Waals surface area contributed by atoms with Crippen molar-refractivity contribution >= 4 is 10.0 Å². The largest absolute Gasteiger partial charge is 0.492 e. The summed E-state index contributed by atoms with van der Waals surface area (Å²) in [5.41, 5.74) is 0.987. The number of benzene rings is 1. The van der Waals surface area contributed by atoms with Crippen molar-refractivity contribution in [3.05, 3.63) is 23.8 Å². The third-order valence-corrected chi connectivity index (χ3v) is 5.79. The average Bonchev–Trinajstić information content (AvgIpc) is 2.46. The van der Waals surface area contributed by atoms with Crippen LogP contribution in [-0.4, -0.2) is 44.6 Å². The van der Waals surface area contributed by atoms with Crippen molar-refractivity contribution in [2.45, 2.75) is 57.6 Å². The van der Waals surface area contributed by atoms with Crippen molar-refractivity contribution in [1.82, 2.24) is 4.31 Å². The predicted octanol–water partition coefficient (Wildman–Crippen LogP) is 3.01. The maximum absolute atomic E-state index is 13.1. The molecule has 1 heterocycles. The fourth-order valence-electron chi connectivity index (χ4n) is 2.83. The van der Waals surface area contributed by atoms with Crippen LogP contribution >= 0.6 is 0 Å². The topological polar surface area (TPSA) is 55.8 Å². The van der Waals surface area contributed by atoms with Crippen LogP contribution in [0.4, 0.5) is 0 Å². The first-order valence-corrected chi connectivity index (χ1v) is 9.62. The van der Waals surface area contributed by atoms with Crippen LogP contribution in [0.3, 0.4) is 0 Å². The van der Waals surface area contributed by atoms with Gasteiger partial charge in [0.25, 0.3) is 0 Å². The lowest BCUT2D eigenvalue weighted by atomic mass is 10.0. The minimum atomic E-state index is -3.61. The number of ether oxygens (including phenoxy) is 2. The van der Waals surface area contributed by atoms with Gasteiger partial charge >= 0.3 is 0 Å². The molecule has 1 aromatic carbocycles. The van der Waals surface area contributed by atoms with Gasteiger partial charge in [0, 0.05) is 13.1 Å². The maximum Gasteiger partial charge on any atom is 0.246 e. The monoisotopic (exact) mass is 341 g/mol. The molecule has 1 saturated heterocycles. The predicted molar refractivity (Wildman–Crippen MR) is 90.5 cm³/mol. The summed E-state index contributed by atoms with van der Waals surface area (Å²) in [4.78, 5) is 0.256. The zero-order valence-electron chi connectivity index (χ0n) is 14.6. The van der Waals surface area contributed by atoms with Crippen LogP contribution in [0.25, 0.3) is 0 Å². The van der Waals surface area contributed by atoms with E-state index in [1.165, 1.54) is 4.31 Å². The van der Waals surface area contributed by atoms with Gasteiger partial charge in [-0.25, -0.2) is 8.42 Å². The number of hydrogen-bond acceptors (Lipinski definition) is 4. The molecule has 0 amide bonds. The summed E-state index contributed by atoms with van der Waals surface area (Å²) in [6.45, 7) is 10.9. The Balaban J connectivity index is 2.46. The Labute approximate surface area is 139 Å². The quantitative estimate of drug-likeness (QED) is 0.826. The molecule has 130 valence electrons. The van der Waals surface area contributed by atoms with Crippen molar-refractivity contribution in [3.63, 3.8) is 0 Å². The van der Waals surface area contributed by atoms with Crippen LogP contribution < -0.4 is 4.74 Å².